The second-order valence-corrected chi connectivity index (χ2v) is 5.03. The number of nitrogens with zero attached hydrogens (tertiary/aromatic N) is 2. The largest absolute Gasteiger partial charge is 0.497 e. The van der Waals surface area contributed by atoms with E-state index < -0.39 is 11.8 Å². The molecule has 0 aliphatic carbocycles. The third kappa shape index (κ3) is 2.48. The molecule has 0 radical (unpaired) electrons. The van der Waals surface area contributed by atoms with Crippen molar-refractivity contribution in [3.05, 3.63) is 53.6 Å². The number of halogens is 1. The third-order valence-electron chi connectivity index (χ3n) is 3.61. The van der Waals surface area contributed by atoms with E-state index in [1.165, 1.54) is 31.6 Å². The summed E-state index contributed by atoms with van der Waals surface area (Å²) in [5.41, 5.74) is 1.77. The first-order valence-corrected chi connectivity index (χ1v) is 6.84. The topological polar surface area (TPSA) is 72.3 Å². The van der Waals surface area contributed by atoms with E-state index >= 15 is 0 Å². The van der Waals surface area contributed by atoms with Gasteiger partial charge in [-0.25, -0.2) is 9.18 Å². The Labute approximate surface area is 131 Å². The molecule has 1 aromatic heterocycles. The highest BCUT2D eigenvalue weighted by atomic mass is 19.1. The summed E-state index contributed by atoms with van der Waals surface area (Å²) >= 11 is 0. The molecule has 0 saturated carbocycles. The van der Waals surface area contributed by atoms with Crippen LogP contribution < -0.4 is 4.74 Å². The van der Waals surface area contributed by atoms with Gasteiger partial charge in [0.05, 0.1) is 18.2 Å². The molecule has 0 bridgehead atoms. The fourth-order valence-electron chi connectivity index (χ4n) is 2.50. The van der Waals surface area contributed by atoms with Crippen LogP contribution >= 0.6 is 0 Å². The Morgan fingerprint density at radius 1 is 1.13 bits per heavy atom. The maximum Gasteiger partial charge on any atom is 0.337 e. The van der Waals surface area contributed by atoms with Crippen LogP contribution in [0.3, 0.4) is 0 Å². The quantitative estimate of drug-likeness (QED) is 0.802. The lowest BCUT2D eigenvalue weighted by molar-refractivity contribution is 0.0699. The Morgan fingerprint density at radius 2 is 1.83 bits per heavy atom. The fraction of sp³-hybridized carbons (Fsp3) is 0.118. The molecule has 23 heavy (non-hydrogen) atoms. The average molecular weight is 312 g/mol. The number of rotatable bonds is 3. The van der Waals surface area contributed by atoms with Gasteiger partial charge in [0.1, 0.15) is 17.1 Å². The van der Waals surface area contributed by atoms with Gasteiger partial charge in [-0.2, -0.15) is 0 Å². The molecule has 0 unspecified atom stereocenters. The molecule has 2 aromatic carbocycles. The zero-order valence-corrected chi connectivity index (χ0v) is 12.5. The van der Waals surface area contributed by atoms with Gasteiger partial charge in [0.25, 0.3) is 0 Å². The first-order valence-electron chi connectivity index (χ1n) is 6.84. The van der Waals surface area contributed by atoms with Crippen LogP contribution in [0.5, 0.6) is 5.75 Å². The maximum absolute atomic E-state index is 14.6. The summed E-state index contributed by atoms with van der Waals surface area (Å²) in [6, 6.07) is 6.10. The second-order valence-electron chi connectivity index (χ2n) is 5.03. The van der Waals surface area contributed by atoms with Crippen molar-refractivity contribution in [1.82, 2.24) is 9.97 Å². The van der Waals surface area contributed by atoms with Crippen LogP contribution in [0.4, 0.5) is 4.39 Å². The normalized spacial score (nSPS) is 10.7. The van der Waals surface area contributed by atoms with Crippen LogP contribution in [-0.2, 0) is 0 Å². The number of aromatic carboxylic acids is 1. The predicted molar refractivity (Wildman–Crippen MR) is 83.2 cm³/mol. The predicted octanol–water partition coefficient (Wildman–Crippen LogP) is 3.45. The van der Waals surface area contributed by atoms with Crippen LogP contribution in [0, 0.1) is 12.7 Å². The number of aromatic nitrogens is 2. The summed E-state index contributed by atoms with van der Waals surface area (Å²) in [5, 5.41) is 9.26. The van der Waals surface area contributed by atoms with E-state index in [9.17, 15) is 14.3 Å². The number of carboxylic acids is 1. The second kappa shape index (κ2) is 5.64. The van der Waals surface area contributed by atoms with Gasteiger partial charge in [0.2, 0.25) is 0 Å². The highest BCUT2D eigenvalue weighted by molar-refractivity contribution is 6.05. The van der Waals surface area contributed by atoms with Crippen molar-refractivity contribution in [2.24, 2.45) is 0 Å². The summed E-state index contributed by atoms with van der Waals surface area (Å²) in [5.74, 6) is -0.997. The van der Waals surface area contributed by atoms with Gasteiger partial charge in [0.15, 0.2) is 0 Å². The van der Waals surface area contributed by atoms with Crippen molar-refractivity contribution >= 4 is 17.0 Å². The molecule has 1 N–H and O–H groups in total. The molecule has 0 amide bonds. The zero-order valence-electron chi connectivity index (χ0n) is 12.5. The summed E-state index contributed by atoms with van der Waals surface area (Å²) in [6.45, 7) is 1.64. The van der Waals surface area contributed by atoms with Gasteiger partial charge in [0, 0.05) is 23.5 Å². The van der Waals surface area contributed by atoms with E-state index in [1.807, 2.05) is 0 Å². The summed E-state index contributed by atoms with van der Waals surface area (Å²) in [7, 11) is 1.50. The van der Waals surface area contributed by atoms with Gasteiger partial charge < -0.3 is 9.84 Å². The molecule has 0 atom stereocenters. The van der Waals surface area contributed by atoms with Gasteiger partial charge in [-0.1, -0.05) is 6.07 Å². The minimum atomic E-state index is -1.11. The first kappa shape index (κ1) is 14.9. The number of carbonyl (C=O) groups is 1. The van der Waals surface area contributed by atoms with Crippen molar-refractivity contribution in [2.75, 3.05) is 7.11 Å². The van der Waals surface area contributed by atoms with E-state index in [0.29, 0.717) is 28.0 Å². The minimum absolute atomic E-state index is 0.0249. The Hall–Kier alpha value is -3.02. The number of hydrogen-bond donors (Lipinski definition) is 1. The lowest BCUT2D eigenvalue weighted by Crippen LogP contribution is -2.01. The lowest BCUT2D eigenvalue weighted by Gasteiger charge is -2.12. The van der Waals surface area contributed by atoms with Gasteiger partial charge >= 0.3 is 5.97 Å². The number of carboxylic acid groups (broad SMARTS) is 1. The van der Waals surface area contributed by atoms with E-state index in [-0.39, 0.29) is 11.1 Å². The SMILES string of the molecule is COc1cc(C)c(F)c(-c2ccc(C(=O)O)c3nccnc23)c1. The van der Waals surface area contributed by atoms with E-state index in [4.69, 9.17) is 4.74 Å². The maximum atomic E-state index is 14.6. The average Bonchev–Trinajstić information content (AvgIpc) is 2.56. The number of aryl methyl sites for hydroxylation is 1. The van der Waals surface area contributed by atoms with Gasteiger partial charge in [-0.3, -0.25) is 9.97 Å². The van der Waals surface area contributed by atoms with Crippen molar-refractivity contribution in [3.8, 4) is 16.9 Å². The molecule has 3 rings (SSSR count). The van der Waals surface area contributed by atoms with E-state index in [1.54, 1.807) is 19.1 Å². The lowest BCUT2D eigenvalue weighted by atomic mass is 9.98. The zero-order chi connectivity index (χ0) is 16.6. The third-order valence-corrected chi connectivity index (χ3v) is 3.61. The summed E-state index contributed by atoms with van der Waals surface area (Å²) in [4.78, 5) is 19.6. The van der Waals surface area contributed by atoms with E-state index in [0.717, 1.165) is 0 Å². The Morgan fingerprint density at radius 3 is 2.48 bits per heavy atom. The van der Waals surface area contributed by atoms with Crippen molar-refractivity contribution < 1.29 is 19.0 Å². The Kier molecular flexibility index (Phi) is 3.65. The molecule has 3 aromatic rings. The van der Waals surface area contributed by atoms with Crippen LogP contribution in [0.2, 0.25) is 0 Å². The summed E-state index contributed by atoms with van der Waals surface area (Å²) < 4.78 is 19.8. The van der Waals surface area contributed by atoms with Gasteiger partial charge in [-0.05, 0) is 30.7 Å². The van der Waals surface area contributed by atoms with Crippen LogP contribution in [-0.4, -0.2) is 28.2 Å². The molecular weight excluding hydrogens is 299 g/mol. The molecular formula is C17H13FN2O3. The Bertz CT molecular complexity index is 925. The smallest absolute Gasteiger partial charge is 0.337 e. The van der Waals surface area contributed by atoms with Crippen molar-refractivity contribution in [1.29, 1.82) is 0 Å². The molecule has 116 valence electrons. The van der Waals surface area contributed by atoms with E-state index in [2.05, 4.69) is 9.97 Å². The number of benzene rings is 2. The molecule has 0 fully saturated rings. The van der Waals surface area contributed by atoms with Crippen molar-refractivity contribution in [2.45, 2.75) is 6.92 Å². The highest BCUT2D eigenvalue weighted by Crippen LogP contribution is 2.34. The molecule has 6 heteroatoms. The minimum Gasteiger partial charge on any atom is -0.497 e. The standard InChI is InChI=1S/C17H13FN2O3/c1-9-7-10(23-2)8-13(14(9)18)11-3-4-12(17(21)22)16-15(11)19-5-6-20-16/h3-8H,1-2H3,(H,21,22). The van der Waals surface area contributed by atoms with Crippen LogP contribution in [0.1, 0.15) is 15.9 Å². The fourth-order valence-corrected chi connectivity index (χ4v) is 2.50. The number of hydrogen-bond acceptors (Lipinski definition) is 4. The van der Waals surface area contributed by atoms with Crippen LogP contribution in [0.15, 0.2) is 36.7 Å². The van der Waals surface area contributed by atoms with Crippen molar-refractivity contribution in [3.63, 3.8) is 0 Å². The number of fused-ring (bicyclic) bond motifs is 1. The molecule has 0 aliphatic heterocycles. The van der Waals surface area contributed by atoms with Gasteiger partial charge in [-0.15, -0.1) is 0 Å². The first-order chi connectivity index (χ1) is 11.0. The molecule has 1 heterocycles. The monoisotopic (exact) mass is 312 g/mol. The number of methoxy groups -OCH3 is 1. The molecule has 0 saturated heterocycles. The molecule has 0 spiro atoms. The van der Waals surface area contributed by atoms with Crippen LogP contribution in [0.25, 0.3) is 22.2 Å². The molecule has 0 aliphatic rings. The molecule has 5 nitrogen and oxygen atoms in total. The number of ether oxygens (including phenoxy) is 1. The summed E-state index contributed by atoms with van der Waals surface area (Å²) in [6.07, 6.45) is 2.86. The highest BCUT2D eigenvalue weighted by Gasteiger charge is 2.18. The Balaban J connectivity index is 2.36.